The van der Waals surface area contributed by atoms with Crippen molar-refractivity contribution in [3.63, 3.8) is 0 Å². The molecular weight excluding hydrogens is 310 g/mol. The van der Waals surface area contributed by atoms with Crippen molar-refractivity contribution in [3.05, 3.63) is 28.2 Å². The molecule has 1 aliphatic carbocycles. The van der Waals surface area contributed by atoms with Crippen molar-refractivity contribution in [3.8, 4) is 0 Å². The molecule has 1 nitrogen and oxygen atoms in total. The van der Waals surface area contributed by atoms with Crippen molar-refractivity contribution in [1.29, 1.82) is 0 Å². The number of alkyl halides is 1. The van der Waals surface area contributed by atoms with E-state index in [0.29, 0.717) is 11.9 Å². The first-order valence-electron chi connectivity index (χ1n) is 6.70. The van der Waals surface area contributed by atoms with Crippen LogP contribution < -0.4 is 4.90 Å². The third-order valence-corrected chi connectivity index (χ3v) is 5.05. The third-order valence-electron chi connectivity index (χ3n) is 4.11. The van der Waals surface area contributed by atoms with Gasteiger partial charge in [0.05, 0.1) is 5.69 Å². The second-order valence-corrected chi connectivity index (χ2v) is 6.48. The van der Waals surface area contributed by atoms with Crippen LogP contribution in [0.4, 0.5) is 5.69 Å². The number of benzene rings is 1. The minimum atomic E-state index is 0.572. The molecule has 0 saturated heterocycles. The first-order chi connectivity index (χ1) is 8.63. The Labute approximate surface area is 124 Å². The van der Waals surface area contributed by atoms with E-state index < -0.39 is 0 Å². The Kier molecular flexibility index (Phi) is 4.97. The molecule has 3 heteroatoms. The molecule has 1 aliphatic rings. The van der Waals surface area contributed by atoms with E-state index in [-0.39, 0.29) is 0 Å². The summed E-state index contributed by atoms with van der Waals surface area (Å²) in [6, 6.07) is 7.10. The van der Waals surface area contributed by atoms with Crippen LogP contribution in [0.1, 0.15) is 38.2 Å². The standard InChI is InChI=1S/C15H21BrClN/c1-11-5-3-4-6-14(11)18(2)15-8-7-12(10-17)9-13(15)16/h7-9,11,14H,3-6,10H2,1-2H3. The Morgan fingerprint density at radius 1 is 1.33 bits per heavy atom. The van der Waals surface area contributed by atoms with Crippen LogP contribution in [0.15, 0.2) is 22.7 Å². The van der Waals surface area contributed by atoms with E-state index in [2.05, 4.69) is 53.0 Å². The molecule has 1 aromatic rings. The predicted molar refractivity (Wildman–Crippen MR) is 83.5 cm³/mol. The SMILES string of the molecule is CC1CCCCC1N(C)c1ccc(CCl)cc1Br. The molecule has 18 heavy (non-hydrogen) atoms. The molecule has 2 atom stereocenters. The van der Waals surface area contributed by atoms with Gasteiger partial charge in [0.15, 0.2) is 0 Å². The predicted octanol–water partition coefficient (Wildman–Crippen LogP) is 5.20. The highest BCUT2D eigenvalue weighted by Gasteiger charge is 2.25. The van der Waals surface area contributed by atoms with Gasteiger partial charge in [-0.15, -0.1) is 11.6 Å². The largest absolute Gasteiger partial charge is 0.370 e. The fraction of sp³-hybridized carbons (Fsp3) is 0.600. The molecule has 0 bridgehead atoms. The van der Waals surface area contributed by atoms with Crippen molar-refractivity contribution in [2.24, 2.45) is 5.92 Å². The van der Waals surface area contributed by atoms with Crippen molar-refractivity contribution < 1.29 is 0 Å². The zero-order valence-corrected chi connectivity index (χ0v) is 13.5. The Bertz CT molecular complexity index is 407. The van der Waals surface area contributed by atoms with Gasteiger partial charge in [-0.3, -0.25) is 0 Å². The van der Waals surface area contributed by atoms with Crippen molar-refractivity contribution in [2.45, 2.75) is 44.5 Å². The lowest BCUT2D eigenvalue weighted by Gasteiger charge is -2.38. The summed E-state index contributed by atoms with van der Waals surface area (Å²) in [5.74, 6) is 1.35. The van der Waals surface area contributed by atoms with Crippen LogP contribution >= 0.6 is 27.5 Å². The summed E-state index contributed by atoms with van der Waals surface area (Å²) in [5, 5.41) is 0. The van der Waals surface area contributed by atoms with E-state index in [9.17, 15) is 0 Å². The van der Waals surface area contributed by atoms with Gasteiger partial charge in [0.25, 0.3) is 0 Å². The highest BCUT2D eigenvalue weighted by Crippen LogP contribution is 2.34. The second kappa shape index (κ2) is 6.29. The van der Waals surface area contributed by atoms with Crippen molar-refractivity contribution in [2.75, 3.05) is 11.9 Å². The minimum absolute atomic E-state index is 0.572. The van der Waals surface area contributed by atoms with Gasteiger partial charge in [0.2, 0.25) is 0 Å². The molecule has 0 spiro atoms. The van der Waals surface area contributed by atoms with Gasteiger partial charge in [0, 0.05) is 23.4 Å². The highest BCUT2D eigenvalue weighted by atomic mass is 79.9. The zero-order valence-electron chi connectivity index (χ0n) is 11.1. The number of hydrogen-bond acceptors (Lipinski definition) is 1. The molecular formula is C15H21BrClN. The summed E-state index contributed by atoms with van der Waals surface area (Å²) >= 11 is 9.54. The number of hydrogen-bond donors (Lipinski definition) is 0. The van der Waals surface area contributed by atoms with Crippen molar-refractivity contribution >= 4 is 33.2 Å². The molecule has 0 aliphatic heterocycles. The molecule has 1 saturated carbocycles. The average molecular weight is 331 g/mol. The molecule has 0 heterocycles. The van der Waals surface area contributed by atoms with Crippen LogP contribution in [0.2, 0.25) is 0 Å². The Morgan fingerprint density at radius 2 is 2.06 bits per heavy atom. The minimum Gasteiger partial charge on any atom is -0.370 e. The van der Waals surface area contributed by atoms with E-state index in [1.165, 1.54) is 31.4 Å². The quantitative estimate of drug-likeness (QED) is 0.688. The van der Waals surface area contributed by atoms with Crippen LogP contribution in [-0.2, 0) is 5.88 Å². The van der Waals surface area contributed by atoms with Gasteiger partial charge < -0.3 is 4.90 Å². The number of rotatable bonds is 3. The summed E-state index contributed by atoms with van der Waals surface area (Å²) in [5.41, 5.74) is 2.44. The molecule has 0 amide bonds. The summed E-state index contributed by atoms with van der Waals surface area (Å²) in [6.07, 6.45) is 5.41. The molecule has 0 radical (unpaired) electrons. The average Bonchev–Trinajstić information content (AvgIpc) is 2.38. The lowest BCUT2D eigenvalue weighted by atomic mass is 9.85. The van der Waals surface area contributed by atoms with Gasteiger partial charge >= 0.3 is 0 Å². The highest BCUT2D eigenvalue weighted by molar-refractivity contribution is 9.10. The lowest BCUT2D eigenvalue weighted by molar-refractivity contribution is 0.321. The van der Waals surface area contributed by atoms with Crippen molar-refractivity contribution in [1.82, 2.24) is 0 Å². The fourth-order valence-corrected chi connectivity index (χ4v) is 3.84. The monoisotopic (exact) mass is 329 g/mol. The Balaban J connectivity index is 2.19. The molecule has 0 aromatic heterocycles. The summed E-state index contributed by atoms with van der Waals surface area (Å²) in [7, 11) is 2.22. The fourth-order valence-electron chi connectivity index (χ4n) is 2.97. The van der Waals surface area contributed by atoms with Crippen LogP contribution in [0.25, 0.3) is 0 Å². The van der Waals surface area contributed by atoms with E-state index in [1.807, 2.05) is 0 Å². The van der Waals surface area contributed by atoms with Gasteiger partial charge in [-0.05, 0) is 52.4 Å². The number of anilines is 1. The lowest BCUT2D eigenvalue weighted by Crippen LogP contribution is -2.39. The molecule has 1 aromatic carbocycles. The molecule has 2 unspecified atom stereocenters. The van der Waals surface area contributed by atoms with Crippen LogP contribution in [0.5, 0.6) is 0 Å². The molecule has 0 N–H and O–H groups in total. The molecule has 2 rings (SSSR count). The van der Waals surface area contributed by atoms with Crippen LogP contribution in [0, 0.1) is 5.92 Å². The molecule has 100 valence electrons. The topological polar surface area (TPSA) is 3.24 Å². The Hall–Kier alpha value is -0.210. The van der Waals surface area contributed by atoms with E-state index >= 15 is 0 Å². The van der Waals surface area contributed by atoms with Gasteiger partial charge in [-0.25, -0.2) is 0 Å². The van der Waals surface area contributed by atoms with Crippen LogP contribution in [0.3, 0.4) is 0 Å². The number of nitrogens with zero attached hydrogens (tertiary/aromatic N) is 1. The smallest absolute Gasteiger partial charge is 0.0510 e. The maximum Gasteiger partial charge on any atom is 0.0510 e. The Morgan fingerprint density at radius 3 is 2.67 bits per heavy atom. The van der Waals surface area contributed by atoms with E-state index in [1.54, 1.807) is 0 Å². The van der Waals surface area contributed by atoms with Gasteiger partial charge in [-0.1, -0.05) is 25.8 Å². The second-order valence-electron chi connectivity index (χ2n) is 5.36. The first-order valence-corrected chi connectivity index (χ1v) is 8.03. The first kappa shape index (κ1) is 14.2. The van der Waals surface area contributed by atoms with Gasteiger partial charge in [0.1, 0.15) is 0 Å². The van der Waals surface area contributed by atoms with E-state index in [4.69, 9.17) is 11.6 Å². The molecule has 1 fully saturated rings. The number of halogens is 2. The third kappa shape index (κ3) is 3.03. The summed E-state index contributed by atoms with van der Waals surface area (Å²) in [4.78, 5) is 2.44. The van der Waals surface area contributed by atoms with Gasteiger partial charge in [-0.2, -0.15) is 0 Å². The summed E-state index contributed by atoms with van der Waals surface area (Å²) < 4.78 is 1.15. The maximum atomic E-state index is 5.87. The zero-order chi connectivity index (χ0) is 13.1. The summed E-state index contributed by atoms with van der Waals surface area (Å²) in [6.45, 7) is 2.38. The normalized spacial score (nSPS) is 24.0. The van der Waals surface area contributed by atoms with E-state index in [0.717, 1.165) is 16.0 Å². The van der Waals surface area contributed by atoms with Crippen LogP contribution in [-0.4, -0.2) is 13.1 Å². The maximum absolute atomic E-state index is 5.87.